The molecule has 0 heterocycles. The predicted molar refractivity (Wildman–Crippen MR) is 70.3 cm³/mol. The number of thiocarbonyl (C=S) groups is 1. The number of anilines is 2. The molecule has 0 saturated carbocycles. The Labute approximate surface area is 100 Å². The van der Waals surface area contributed by atoms with E-state index in [-0.39, 0.29) is 16.9 Å². The Balaban J connectivity index is 2.86. The van der Waals surface area contributed by atoms with Gasteiger partial charge in [0, 0.05) is 5.92 Å². The molecule has 0 bridgehead atoms. The number of hydrogen-bond donors (Lipinski definition) is 3. The van der Waals surface area contributed by atoms with E-state index in [2.05, 4.69) is 10.6 Å². The summed E-state index contributed by atoms with van der Waals surface area (Å²) in [5.41, 5.74) is 6.76. The van der Waals surface area contributed by atoms with Crippen molar-refractivity contribution < 1.29 is 4.79 Å². The molecule has 0 radical (unpaired) electrons. The topological polar surface area (TPSA) is 67.2 Å². The second-order valence-electron chi connectivity index (χ2n) is 3.68. The summed E-state index contributed by atoms with van der Waals surface area (Å²) in [6, 6.07) is 7.27. The number of nitrogens with one attached hydrogen (secondary N) is 2. The van der Waals surface area contributed by atoms with E-state index in [1.165, 1.54) is 0 Å². The van der Waals surface area contributed by atoms with Gasteiger partial charge in [0.15, 0.2) is 5.11 Å². The molecule has 0 aliphatic rings. The van der Waals surface area contributed by atoms with Crippen LogP contribution in [0.1, 0.15) is 13.8 Å². The van der Waals surface area contributed by atoms with Gasteiger partial charge in [0.05, 0.1) is 11.4 Å². The molecule has 0 unspecified atom stereocenters. The highest BCUT2D eigenvalue weighted by Gasteiger charge is 2.09. The molecule has 0 saturated heterocycles. The summed E-state index contributed by atoms with van der Waals surface area (Å²) in [7, 11) is 0. The first-order valence-corrected chi connectivity index (χ1v) is 5.38. The number of carbonyl (C=O) groups is 1. The van der Waals surface area contributed by atoms with E-state index in [1.807, 2.05) is 26.0 Å². The van der Waals surface area contributed by atoms with Crippen LogP contribution in [0.2, 0.25) is 0 Å². The average Bonchev–Trinajstić information content (AvgIpc) is 2.20. The molecule has 1 rings (SSSR count). The molecule has 1 amide bonds. The number of rotatable bonds is 3. The number of carbonyl (C=O) groups excluding carboxylic acids is 1. The van der Waals surface area contributed by atoms with Gasteiger partial charge >= 0.3 is 0 Å². The van der Waals surface area contributed by atoms with Crippen LogP contribution in [0.5, 0.6) is 0 Å². The zero-order valence-corrected chi connectivity index (χ0v) is 10.1. The van der Waals surface area contributed by atoms with Crippen LogP contribution in [0.25, 0.3) is 0 Å². The largest absolute Gasteiger partial charge is 0.376 e. The summed E-state index contributed by atoms with van der Waals surface area (Å²) in [5, 5.41) is 5.78. The zero-order valence-electron chi connectivity index (χ0n) is 9.28. The Hall–Kier alpha value is -1.62. The van der Waals surface area contributed by atoms with Crippen molar-refractivity contribution >= 4 is 34.6 Å². The van der Waals surface area contributed by atoms with Crippen LogP contribution in [-0.2, 0) is 4.79 Å². The van der Waals surface area contributed by atoms with Crippen LogP contribution in [0.15, 0.2) is 24.3 Å². The molecule has 1 aromatic carbocycles. The third-order valence-corrected chi connectivity index (χ3v) is 2.07. The Morgan fingerprint density at radius 3 is 2.19 bits per heavy atom. The summed E-state index contributed by atoms with van der Waals surface area (Å²) >= 11 is 4.76. The molecule has 4 nitrogen and oxygen atoms in total. The SMILES string of the molecule is CC(C)C(=O)Nc1ccccc1NC(N)=S. The molecule has 1 aromatic rings. The maximum Gasteiger partial charge on any atom is 0.226 e. The fraction of sp³-hybridized carbons (Fsp3) is 0.273. The van der Waals surface area contributed by atoms with Crippen molar-refractivity contribution in [3.05, 3.63) is 24.3 Å². The third kappa shape index (κ3) is 3.51. The number of benzene rings is 1. The van der Waals surface area contributed by atoms with Gasteiger partial charge in [-0.1, -0.05) is 26.0 Å². The van der Waals surface area contributed by atoms with Crippen LogP contribution in [-0.4, -0.2) is 11.0 Å². The lowest BCUT2D eigenvalue weighted by molar-refractivity contribution is -0.118. The van der Waals surface area contributed by atoms with Crippen molar-refractivity contribution in [1.82, 2.24) is 0 Å². The van der Waals surface area contributed by atoms with E-state index in [1.54, 1.807) is 12.1 Å². The number of para-hydroxylation sites is 2. The summed E-state index contributed by atoms with van der Waals surface area (Å²) in [4.78, 5) is 11.5. The molecule has 16 heavy (non-hydrogen) atoms. The van der Waals surface area contributed by atoms with Gasteiger partial charge in [0.1, 0.15) is 0 Å². The molecule has 86 valence electrons. The Bertz CT molecular complexity index is 404. The van der Waals surface area contributed by atoms with Gasteiger partial charge in [0.2, 0.25) is 5.91 Å². The van der Waals surface area contributed by atoms with E-state index in [0.717, 1.165) is 0 Å². The second kappa shape index (κ2) is 5.46. The van der Waals surface area contributed by atoms with Crippen molar-refractivity contribution in [3.8, 4) is 0 Å². The lowest BCUT2D eigenvalue weighted by atomic mass is 10.2. The quantitative estimate of drug-likeness (QED) is 0.703. The maximum absolute atomic E-state index is 11.5. The summed E-state index contributed by atoms with van der Waals surface area (Å²) in [5.74, 6) is -0.116. The highest BCUT2D eigenvalue weighted by atomic mass is 32.1. The van der Waals surface area contributed by atoms with Crippen LogP contribution in [0, 0.1) is 5.92 Å². The van der Waals surface area contributed by atoms with Crippen molar-refractivity contribution in [1.29, 1.82) is 0 Å². The Kier molecular flexibility index (Phi) is 4.25. The van der Waals surface area contributed by atoms with Gasteiger partial charge in [-0.3, -0.25) is 4.79 Å². The number of nitrogens with two attached hydrogens (primary N) is 1. The smallest absolute Gasteiger partial charge is 0.226 e. The summed E-state index contributed by atoms with van der Waals surface area (Å²) in [6.07, 6.45) is 0. The zero-order chi connectivity index (χ0) is 12.1. The molecule has 0 aliphatic carbocycles. The van der Waals surface area contributed by atoms with Gasteiger partial charge in [-0.25, -0.2) is 0 Å². The first kappa shape index (κ1) is 12.4. The number of amides is 1. The first-order valence-electron chi connectivity index (χ1n) is 4.97. The molecular formula is C11H15N3OS. The summed E-state index contributed by atoms with van der Waals surface area (Å²) in [6.45, 7) is 3.66. The minimum atomic E-state index is -0.0714. The van der Waals surface area contributed by atoms with E-state index in [0.29, 0.717) is 11.4 Å². The van der Waals surface area contributed by atoms with Crippen LogP contribution in [0.3, 0.4) is 0 Å². The van der Waals surface area contributed by atoms with Crippen LogP contribution in [0.4, 0.5) is 11.4 Å². The van der Waals surface area contributed by atoms with E-state index in [4.69, 9.17) is 18.0 Å². The normalized spacial score (nSPS) is 9.94. The average molecular weight is 237 g/mol. The van der Waals surface area contributed by atoms with Crippen molar-refractivity contribution in [3.63, 3.8) is 0 Å². The maximum atomic E-state index is 11.5. The second-order valence-corrected chi connectivity index (χ2v) is 4.12. The van der Waals surface area contributed by atoms with Gasteiger partial charge in [-0.2, -0.15) is 0 Å². The molecule has 0 atom stereocenters. The standard InChI is InChI=1S/C11H15N3OS/c1-7(2)10(15)13-8-5-3-4-6-9(8)14-11(12)16/h3-7H,1-2H3,(H,13,15)(H3,12,14,16). The van der Waals surface area contributed by atoms with E-state index in [9.17, 15) is 4.79 Å². The highest BCUT2D eigenvalue weighted by molar-refractivity contribution is 7.80. The first-order chi connectivity index (χ1) is 7.50. The Morgan fingerprint density at radius 1 is 1.25 bits per heavy atom. The van der Waals surface area contributed by atoms with Crippen molar-refractivity contribution in [2.45, 2.75) is 13.8 Å². The molecule has 5 heteroatoms. The van der Waals surface area contributed by atoms with E-state index >= 15 is 0 Å². The molecular weight excluding hydrogens is 222 g/mol. The Morgan fingerprint density at radius 2 is 1.75 bits per heavy atom. The van der Waals surface area contributed by atoms with Gasteiger partial charge in [-0.15, -0.1) is 0 Å². The lowest BCUT2D eigenvalue weighted by Crippen LogP contribution is -2.22. The lowest BCUT2D eigenvalue weighted by Gasteiger charge is -2.13. The highest BCUT2D eigenvalue weighted by Crippen LogP contribution is 2.21. The van der Waals surface area contributed by atoms with Crippen LogP contribution >= 0.6 is 12.2 Å². The minimum Gasteiger partial charge on any atom is -0.376 e. The minimum absolute atomic E-state index is 0.0443. The van der Waals surface area contributed by atoms with Crippen molar-refractivity contribution in [2.24, 2.45) is 11.7 Å². The van der Waals surface area contributed by atoms with Gasteiger partial charge in [0.25, 0.3) is 0 Å². The summed E-state index contributed by atoms with van der Waals surface area (Å²) < 4.78 is 0. The fourth-order valence-electron chi connectivity index (χ4n) is 1.11. The third-order valence-electron chi connectivity index (χ3n) is 1.97. The van der Waals surface area contributed by atoms with Gasteiger partial charge in [-0.05, 0) is 24.4 Å². The molecule has 0 aliphatic heterocycles. The van der Waals surface area contributed by atoms with Gasteiger partial charge < -0.3 is 16.4 Å². The monoisotopic (exact) mass is 237 g/mol. The van der Waals surface area contributed by atoms with Crippen LogP contribution < -0.4 is 16.4 Å². The predicted octanol–water partition coefficient (Wildman–Crippen LogP) is 1.94. The van der Waals surface area contributed by atoms with Crippen molar-refractivity contribution in [2.75, 3.05) is 10.6 Å². The molecule has 0 aromatic heterocycles. The van der Waals surface area contributed by atoms with E-state index < -0.39 is 0 Å². The fourth-order valence-corrected chi connectivity index (χ4v) is 1.22. The molecule has 0 fully saturated rings. The number of hydrogen-bond acceptors (Lipinski definition) is 2. The molecule has 4 N–H and O–H groups in total. The molecule has 0 spiro atoms.